The third-order valence-corrected chi connectivity index (χ3v) is 4.61. The highest BCUT2D eigenvalue weighted by atomic mass is 16.2. The predicted molar refractivity (Wildman–Crippen MR) is 90.2 cm³/mol. The third kappa shape index (κ3) is 4.41. The molecule has 3 rings (SSSR count). The maximum absolute atomic E-state index is 12.1. The molecular formula is C18H23N3O2. The van der Waals surface area contributed by atoms with Gasteiger partial charge in [-0.05, 0) is 36.5 Å². The van der Waals surface area contributed by atoms with Gasteiger partial charge in [0.15, 0.2) is 0 Å². The number of benzene rings is 1. The number of carbonyl (C=O) groups excluding carboxylic acids is 2. The van der Waals surface area contributed by atoms with Crippen LogP contribution in [0.3, 0.4) is 0 Å². The zero-order chi connectivity index (χ0) is 16.1. The van der Waals surface area contributed by atoms with Crippen molar-refractivity contribution in [3.63, 3.8) is 0 Å². The monoisotopic (exact) mass is 313 g/mol. The molecule has 122 valence electrons. The molecule has 1 heterocycles. The van der Waals surface area contributed by atoms with Crippen molar-refractivity contribution in [2.45, 2.75) is 51.4 Å². The lowest BCUT2D eigenvalue weighted by Gasteiger charge is -2.20. The fourth-order valence-electron chi connectivity index (χ4n) is 3.29. The molecular weight excluding hydrogens is 290 g/mol. The van der Waals surface area contributed by atoms with Crippen molar-refractivity contribution in [1.82, 2.24) is 5.43 Å². The first-order valence-corrected chi connectivity index (χ1v) is 8.46. The highest BCUT2D eigenvalue weighted by Crippen LogP contribution is 2.26. The lowest BCUT2D eigenvalue weighted by molar-refractivity contribution is -0.121. The fourth-order valence-corrected chi connectivity index (χ4v) is 3.29. The summed E-state index contributed by atoms with van der Waals surface area (Å²) in [5.74, 6) is 0.607. The maximum atomic E-state index is 12.1. The second-order valence-electron chi connectivity index (χ2n) is 6.43. The second kappa shape index (κ2) is 7.40. The number of rotatable bonds is 4. The number of hydrogen-bond acceptors (Lipinski definition) is 3. The van der Waals surface area contributed by atoms with Gasteiger partial charge in [-0.1, -0.05) is 31.4 Å². The highest BCUT2D eigenvalue weighted by molar-refractivity contribution is 6.04. The molecule has 23 heavy (non-hydrogen) atoms. The van der Waals surface area contributed by atoms with Crippen LogP contribution in [-0.4, -0.2) is 17.5 Å². The van der Waals surface area contributed by atoms with E-state index < -0.39 is 0 Å². The molecule has 0 spiro atoms. The first-order chi connectivity index (χ1) is 11.2. The van der Waals surface area contributed by atoms with E-state index in [0.29, 0.717) is 25.2 Å². The van der Waals surface area contributed by atoms with Gasteiger partial charge >= 0.3 is 0 Å². The number of hydrogen-bond donors (Lipinski definition) is 2. The molecule has 1 aliphatic carbocycles. The van der Waals surface area contributed by atoms with Crippen LogP contribution in [0.4, 0.5) is 5.69 Å². The van der Waals surface area contributed by atoms with Crippen LogP contribution in [0.2, 0.25) is 0 Å². The Morgan fingerprint density at radius 1 is 1.13 bits per heavy atom. The summed E-state index contributed by atoms with van der Waals surface area (Å²) in [4.78, 5) is 23.2. The number of hydrazone groups is 1. The minimum absolute atomic E-state index is 0.0413. The van der Waals surface area contributed by atoms with Gasteiger partial charge in [-0.25, -0.2) is 5.43 Å². The smallest absolute Gasteiger partial charge is 0.240 e. The molecule has 0 radical (unpaired) electrons. The van der Waals surface area contributed by atoms with Gasteiger partial charge in [-0.2, -0.15) is 5.10 Å². The SMILES string of the molecule is O=C1CCC(c2ccc(NC(=O)CC3CCCCC3)cc2)=NN1. The van der Waals surface area contributed by atoms with E-state index in [1.807, 2.05) is 24.3 Å². The molecule has 2 N–H and O–H groups in total. The van der Waals surface area contributed by atoms with Gasteiger partial charge in [0.25, 0.3) is 0 Å². The summed E-state index contributed by atoms with van der Waals surface area (Å²) in [7, 11) is 0. The topological polar surface area (TPSA) is 70.6 Å². The van der Waals surface area contributed by atoms with Crippen molar-refractivity contribution in [2.75, 3.05) is 5.32 Å². The number of anilines is 1. The highest BCUT2D eigenvalue weighted by Gasteiger charge is 2.17. The molecule has 0 unspecified atom stereocenters. The summed E-state index contributed by atoms with van der Waals surface area (Å²) in [6.07, 6.45) is 7.93. The summed E-state index contributed by atoms with van der Waals surface area (Å²) < 4.78 is 0. The molecule has 1 saturated carbocycles. The molecule has 0 aromatic heterocycles. The van der Waals surface area contributed by atoms with E-state index >= 15 is 0 Å². The molecule has 1 aliphatic heterocycles. The average molecular weight is 313 g/mol. The Morgan fingerprint density at radius 3 is 2.52 bits per heavy atom. The zero-order valence-corrected chi connectivity index (χ0v) is 13.3. The molecule has 1 aromatic carbocycles. The van der Waals surface area contributed by atoms with Crippen molar-refractivity contribution < 1.29 is 9.59 Å². The van der Waals surface area contributed by atoms with Crippen LogP contribution in [0.1, 0.15) is 56.9 Å². The van der Waals surface area contributed by atoms with Gasteiger partial charge < -0.3 is 5.32 Å². The first-order valence-electron chi connectivity index (χ1n) is 8.46. The molecule has 2 amide bonds. The van der Waals surface area contributed by atoms with Crippen LogP contribution in [-0.2, 0) is 9.59 Å². The first kappa shape index (κ1) is 15.7. The Hall–Kier alpha value is -2.17. The summed E-state index contributed by atoms with van der Waals surface area (Å²) in [5, 5.41) is 7.06. The van der Waals surface area contributed by atoms with Crippen LogP contribution in [0.25, 0.3) is 0 Å². The molecule has 0 atom stereocenters. The van der Waals surface area contributed by atoms with Crippen molar-refractivity contribution in [1.29, 1.82) is 0 Å². The summed E-state index contributed by atoms with van der Waals surface area (Å²) in [6.45, 7) is 0. The van der Waals surface area contributed by atoms with Gasteiger partial charge in [0, 0.05) is 24.9 Å². The summed E-state index contributed by atoms with van der Waals surface area (Å²) in [6, 6.07) is 7.67. The van der Waals surface area contributed by atoms with Crippen LogP contribution in [0.15, 0.2) is 29.4 Å². The van der Waals surface area contributed by atoms with Crippen LogP contribution < -0.4 is 10.7 Å². The van der Waals surface area contributed by atoms with Crippen LogP contribution in [0.5, 0.6) is 0 Å². The van der Waals surface area contributed by atoms with E-state index in [1.54, 1.807) is 0 Å². The van der Waals surface area contributed by atoms with Crippen molar-refractivity contribution >= 4 is 23.2 Å². The normalized spacial score (nSPS) is 19.0. The standard InChI is InChI=1S/C18H23N3O2/c22-17-11-10-16(20-21-17)14-6-8-15(9-7-14)19-18(23)12-13-4-2-1-3-5-13/h6-9,13H,1-5,10-12H2,(H,19,23)(H,21,22). The lowest BCUT2D eigenvalue weighted by atomic mass is 9.87. The fraction of sp³-hybridized carbons (Fsp3) is 0.500. The van der Waals surface area contributed by atoms with Crippen molar-refractivity contribution in [2.24, 2.45) is 11.0 Å². The summed E-state index contributed by atoms with van der Waals surface area (Å²) in [5.41, 5.74) is 5.18. The lowest BCUT2D eigenvalue weighted by Crippen LogP contribution is -2.25. The van der Waals surface area contributed by atoms with E-state index in [4.69, 9.17) is 0 Å². The molecule has 0 saturated heterocycles. The molecule has 5 nitrogen and oxygen atoms in total. The number of nitrogens with one attached hydrogen (secondary N) is 2. The Morgan fingerprint density at radius 2 is 1.87 bits per heavy atom. The largest absolute Gasteiger partial charge is 0.326 e. The maximum Gasteiger partial charge on any atom is 0.240 e. The van der Waals surface area contributed by atoms with E-state index in [9.17, 15) is 9.59 Å². The Bertz CT molecular complexity index is 601. The number of amides is 2. The van der Waals surface area contributed by atoms with E-state index in [-0.39, 0.29) is 11.8 Å². The quantitative estimate of drug-likeness (QED) is 0.896. The van der Waals surface area contributed by atoms with Crippen LogP contribution >= 0.6 is 0 Å². The molecule has 1 fully saturated rings. The van der Waals surface area contributed by atoms with E-state index in [1.165, 1.54) is 32.1 Å². The molecule has 1 aromatic rings. The zero-order valence-electron chi connectivity index (χ0n) is 13.3. The Kier molecular flexibility index (Phi) is 5.05. The van der Waals surface area contributed by atoms with Gasteiger partial charge in [-0.15, -0.1) is 0 Å². The minimum atomic E-state index is -0.0413. The minimum Gasteiger partial charge on any atom is -0.326 e. The number of nitrogens with zero attached hydrogens (tertiary/aromatic N) is 1. The van der Waals surface area contributed by atoms with Gasteiger partial charge in [-0.3, -0.25) is 9.59 Å². The predicted octanol–water partition coefficient (Wildman–Crippen LogP) is 3.21. The molecule has 0 bridgehead atoms. The summed E-state index contributed by atoms with van der Waals surface area (Å²) >= 11 is 0. The van der Waals surface area contributed by atoms with Crippen LogP contribution in [0, 0.1) is 5.92 Å². The van der Waals surface area contributed by atoms with Crippen molar-refractivity contribution in [3.05, 3.63) is 29.8 Å². The Balaban J connectivity index is 1.54. The van der Waals surface area contributed by atoms with Gasteiger partial charge in [0.1, 0.15) is 0 Å². The van der Waals surface area contributed by atoms with E-state index in [0.717, 1.165) is 17.0 Å². The van der Waals surface area contributed by atoms with Gasteiger partial charge in [0.05, 0.1) is 5.71 Å². The van der Waals surface area contributed by atoms with E-state index in [2.05, 4.69) is 15.8 Å². The number of carbonyl (C=O) groups is 2. The molecule has 2 aliphatic rings. The third-order valence-electron chi connectivity index (χ3n) is 4.61. The molecule has 5 heteroatoms. The second-order valence-corrected chi connectivity index (χ2v) is 6.43. The van der Waals surface area contributed by atoms with Gasteiger partial charge in [0.2, 0.25) is 11.8 Å². The van der Waals surface area contributed by atoms with Crippen molar-refractivity contribution in [3.8, 4) is 0 Å². The average Bonchev–Trinajstić information content (AvgIpc) is 2.57. The Labute approximate surface area is 136 Å².